The van der Waals surface area contributed by atoms with Gasteiger partial charge in [-0.05, 0) is 25.3 Å². The second-order valence-electron chi connectivity index (χ2n) is 6.13. The van der Waals surface area contributed by atoms with Crippen LogP contribution >= 0.6 is 0 Å². The molecule has 1 aromatic carbocycles. The van der Waals surface area contributed by atoms with Gasteiger partial charge >= 0.3 is 11.8 Å². The highest BCUT2D eigenvalue weighted by Crippen LogP contribution is 2.19. The largest absolute Gasteiger partial charge is 0.417 e. The molecule has 1 aliphatic heterocycles. The van der Waals surface area contributed by atoms with Gasteiger partial charge in [-0.2, -0.15) is 0 Å². The van der Waals surface area contributed by atoms with Crippen LogP contribution in [-0.4, -0.2) is 53.5 Å². The van der Waals surface area contributed by atoms with Gasteiger partial charge in [-0.3, -0.25) is 4.79 Å². The van der Waals surface area contributed by atoms with E-state index in [9.17, 15) is 13.2 Å². The van der Waals surface area contributed by atoms with Crippen LogP contribution in [0.3, 0.4) is 0 Å². The first-order valence-electron chi connectivity index (χ1n) is 8.36. The predicted molar refractivity (Wildman–Crippen MR) is 91.9 cm³/mol. The summed E-state index contributed by atoms with van der Waals surface area (Å²) in [5.41, 5.74) is 1.15. The van der Waals surface area contributed by atoms with Gasteiger partial charge in [0.1, 0.15) is 0 Å². The van der Waals surface area contributed by atoms with Crippen LogP contribution in [0.25, 0.3) is 0 Å². The highest BCUT2D eigenvalue weighted by Gasteiger charge is 2.35. The Kier molecular flexibility index (Phi) is 5.17. The van der Waals surface area contributed by atoms with Crippen molar-refractivity contribution in [3.8, 4) is 0 Å². The van der Waals surface area contributed by atoms with Crippen molar-refractivity contribution in [2.45, 2.75) is 32.2 Å². The summed E-state index contributed by atoms with van der Waals surface area (Å²) in [5.74, 6) is 0.0504. The number of aryl methyl sites for hydroxylation is 2. The van der Waals surface area contributed by atoms with Gasteiger partial charge in [-0.25, -0.2) is 8.42 Å². The van der Waals surface area contributed by atoms with Gasteiger partial charge in [0.25, 0.3) is 0 Å². The molecule has 134 valence electrons. The summed E-state index contributed by atoms with van der Waals surface area (Å²) in [6, 6.07) is 9.60. The first-order chi connectivity index (χ1) is 12.0. The third-order valence-corrected chi connectivity index (χ3v) is 6.12. The van der Waals surface area contributed by atoms with Gasteiger partial charge in [0.2, 0.25) is 5.89 Å². The van der Waals surface area contributed by atoms with Crippen LogP contribution in [0.1, 0.15) is 35.5 Å². The van der Waals surface area contributed by atoms with Crippen molar-refractivity contribution in [1.29, 1.82) is 0 Å². The molecule has 1 saturated heterocycles. The van der Waals surface area contributed by atoms with E-state index in [0.717, 1.165) is 12.0 Å². The minimum Gasteiger partial charge on any atom is -0.417 e. The van der Waals surface area contributed by atoms with E-state index in [1.807, 2.05) is 37.3 Å². The van der Waals surface area contributed by atoms with Gasteiger partial charge in [0.05, 0.1) is 11.5 Å². The van der Waals surface area contributed by atoms with E-state index < -0.39 is 15.7 Å². The number of carbonyl (C=O) groups excluding carboxylic acids is 1. The highest BCUT2D eigenvalue weighted by atomic mass is 32.2. The number of hydrogen-bond acceptors (Lipinski definition) is 6. The topological polar surface area (TPSA) is 93.4 Å². The Hall–Kier alpha value is -2.22. The van der Waals surface area contributed by atoms with Gasteiger partial charge in [0, 0.05) is 19.0 Å². The fourth-order valence-electron chi connectivity index (χ4n) is 3.05. The fraction of sp³-hybridized carbons (Fsp3) is 0.471. The Morgan fingerprint density at radius 1 is 1.24 bits per heavy atom. The number of hydrogen-bond donors (Lipinski definition) is 0. The summed E-state index contributed by atoms with van der Waals surface area (Å²) in [5, 5.41) is 7.79. The van der Waals surface area contributed by atoms with E-state index in [2.05, 4.69) is 10.2 Å². The lowest BCUT2D eigenvalue weighted by Gasteiger charge is -2.25. The van der Waals surface area contributed by atoms with Crippen LogP contribution in [-0.2, 0) is 22.7 Å². The monoisotopic (exact) mass is 363 g/mol. The van der Waals surface area contributed by atoms with Crippen LogP contribution in [0.15, 0.2) is 34.7 Å². The van der Waals surface area contributed by atoms with Gasteiger partial charge in [-0.15, -0.1) is 10.2 Å². The van der Waals surface area contributed by atoms with Crippen molar-refractivity contribution in [1.82, 2.24) is 15.1 Å². The molecule has 0 spiro atoms. The Morgan fingerprint density at radius 2 is 2.00 bits per heavy atom. The number of rotatable bonds is 6. The maximum Gasteiger partial charge on any atom is 0.311 e. The SMILES string of the molecule is CCN(C(=O)c1nnc(CCc2ccccc2)o1)C1CCS(=O)(=O)C1. The molecule has 3 rings (SSSR count). The van der Waals surface area contributed by atoms with E-state index in [1.165, 1.54) is 4.90 Å². The molecular formula is C17H21N3O4S. The molecule has 1 atom stereocenters. The highest BCUT2D eigenvalue weighted by molar-refractivity contribution is 7.91. The molecule has 0 saturated carbocycles. The minimum absolute atomic E-state index is 0.00157. The number of nitrogens with zero attached hydrogens (tertiary/aromatic N) is 3. The summed E-state index contributed by atoms with van der Waals surface area (Å²) >= 11 is 0. The van der Waals surface area contributed by atoms with Crippen molar-refractivity contribution < 1.29 is 17.6 Å². The van der Waals surface area contributed by atoms with Crippen LogP contribution in [0.4, 0.5) is 0 Å². The second kappa shape index (κ2) is 7.35. The molecule has 8 heteroatoms. The van der Waals surface area contributed by atoms with E-state index in [1.54, 1.807) is 0 Å². The molecule has 0 aliphatic carbocycles. The molecule has 0 radical (unpaired) electrons. The Balaban J connectivity index is 1.65. The van der Waals surface area contributed by atoms with E-state index >= 15 is 0 Å². The lowest BCUT2D eigenvalue weighted by Crippen LogP contribution is -2.41. The summed E-state index contributed by atoms with van der Waals surface area (Å²) in [6.45, 7) is 2.22. The number of amides is 1. The molecule has 7 nitrogen and oxygen atoms in total. The molecule has 2 heterocycles. The number of aromatic nitrogens is 2. The lowest BCUT2D eigenvalue weighted by atomic mass is 10.1. The third kappa shape index (κ3) is 4.25. The van der Waals surface area contributed by atoms with Gasteiger partial charge < -0.3 is 9.32 Å². The molecule has 1 unspecified atom stereocenters. The molecule has 2 aromatic rings. The summed E-state index contributed by atoms with van der Waals surface area (Å²) in [4.78, 5) is 14.1. The van der Waals surface area contributed by atoms with Crippen LogP contribution in [0.5, 0.6) is 0 Å². The Morgan fingerprint density at radius 3 is 2.64 bits per heavy atom. The molecule has 1 aliphatic rings. The average molecular weight is 363 g/mol. The number of carbonyl (C=O) groups is 1. The Labute approximate surface area is 147 Å². The summed E-state index contributed by atoms with van der Waals surface area (Å²) in [7, 11) is -3.06. The molecule has 1 fully saturated rings. The zero-order valence-corrected chi connectivity index (χ0v) is 14.9. The first-order valence-corrected chi connectivity index (χ1v) is 10.2. The van der Waals surface area contributed by atoms with Crippen LogP contribution in [0.2, 0.25) is 0 Å². The molecule has 0 bridgehead atoms. The predicted octanol–water partition coefficient (Wildman–Crippen LogP) is 1.50. The number of benzene rings is 1. The second-order valence-corrected chi connectivity index (χ2v) is 8.36. The zero-order chi connectivity index (χ0) is 17.9. The Bertz CT molecular complexity index is 833. The van der Waals surface area contributed by atoms with E-state index in [4.69, 9.17) is 4.42 Å². The summed E-state index contributed by atoms with van der Waals surface area (Å²) in [6.07, 6.45) is 1.75. The van der Waals surface area contributed by atoms with Crippen molar-refractivity contribution in [2.75, 3.05) is 18.1 Å². The van der Waals surface area contributed by atoms with Gasteiger partial charge in [-0.1, -0.05) is 30.3 Å². The van der Waals surface area contributed by atoms with E-state index in [-0.39, 0.29) is 23.4 Å². The standard InChI is InChI=1S/C17H21N3O4S/c1-2-20(14-10-11-25(22,23)12-14)17(21)16-19-18-15(24-16)9-8-13-6-4-3-5-7-13/h3-7,14H,2,8-12H2,1H3. The van der Waals surface area contributed by atoms with Crippen molar-refractivity contribution in [2.24, 2.45) is 0 Å². The zero-order valence-electron chi connectivity index (χ0n) is 14.1. The van der Waals surface area contributed by atoms with Crippen LogP contribution in [0, 0.1) is 0 Å². The van der Waals surface area contributed by atoms with Crippen molar-refractivity contribution in [3.05, 3.63) is 47.7 Å². The molecule has 25 heavy (non-hydrogen) atoms. The van der Waals surface area contributed by atoms with Crippen molar-refractivity contribution >= 4 is 15.7 Å². The smallest absolute Gasteiger partial charge is 0.311 e. The lowest BCUT2D eigenvalue weighted by molar-refractivity contribution is 0.0665. The quantitative estimate of drug-likeness (QED) is 0.772. The molecular weight excluding hydrogens is 342 g/mol. The normalized spacial score (nSPS) is 19.0. The van der Waals surface area contributed by atoms with Crippen LogP contribution < -0.4 is 0 Å². The average Bonchev–Trinajstić information content (AvgIpc) is 3.21. The summed E-state index contributed by atoms with van der Waals surface area (Å²) < 4.78 is 28.8. The molecule has 1 amide bonds. The van der Waals surface area contributed by atoms with Crippen molar-refractivity contribution in [3.63, 3.8) is 0 Å². The fourth-order valence-corrected chi connectivity index (χ4v) is 4.78. The maximum absolute atomic E-state index is 12.6. The maximum atomic E-state index is 12.6. The van der Waals surface area contributed by atoms with Gasteiger partial charge in [0.15, 0.2) is 9.84 Å². The molecule has 1 aromatic heterocycles. The molecule has 0 N–H and O–H groups in total. The minimum atomic E-state index is -3.06. The number of sulfone groups is 1. The van der Waals surface area contributed by atoms with E-state index in [0.29, 0.717) is 25.3 Å². The first kappa shape index (κ1) is 17.6. The third-order valence-electron chi connectivity index (χ3n) is 4.37.